The van der Waals surface area contributed by atoms with Crippen LogP contribution in [0.1, 0.15) is 18.8 Å². The van der Waals surface area contributed by atoms with E-state index in [1.165, 1.54) is 6.26 Å². The maximum atomic E-state index is 11.7. The molecule has 2 N–H and O–H groups in total. The molecule has 8 nitrogen and oxygen atoms in total. The standard InChI is InChI=1S/C15H20N4O4S/c1-3-16-15(20)17-7-10-8-23-9-14-18-12-6-11(24(2,21)22)4-5-13(12)19(10)14/h4-6,10H,3,7-9H2,1-2H3,(H2,16,17,20). The quantitative estimate of drug-likeness (QED) is 0.848. The Morgan fingerprint density at radius 3 is 2.92 bits per heavy atom. The second kappa shape index (κ2) is 6.40. The molecule has 1 unspecified atom stereocenters. The number of ether oxygens (including phenoxy) is 1. The van der Waals surface area contributed by atoms with Gasteiger partial charge in [-0.25, -0.2) is 18.2 Å². The van der Waals surface area contributed by atoms with Crippen molar-refractivity contribution in [1.82, 2.24) is 20.2 Å². The van der Waals surface area contributed by atoms with E-state index >= 15 is 0 Å². The van der Waals surface area contributed by atoms with Gasteiger partial charge in [0, 0.05) is 19.3 Å². The normalized spacial score (nSPS) is 17.5. The van der Waals surface area contributed by atoms with E-state index in [1.54, 1.807) is 18.2 Å². The number of urea groups is 1. The first kappa shape index (κ1) is 16.7. The lowest BCUT2D eigenvalue weighted by Crippen LogP contribution is -2.40. The Kier molecular flexibility index (Phi) is 4.46. The zero-order chi connectivity index (χ0) is 17.3. The summed E-state index contributed by atoms with van der Waals surface area (Å²) >= 11 is 0. The first-order valence-electron chi connectivity index (χ1n) is 7.70. The van der Waals surface area contributed by atoms with Gasteiger partial charge < -0.3 is 19.9 Å². The molecular formula is C15H20N4O4S. The summed E-state index contributed by atoms with van der Waals surface area (Å²) in [6.07, 6.45) is 1.17. The van der Waals surface area contributed by atoms with Crippen molar-refractivity contribution in [2.45, 2.75) is 24.5 Å². The Morgan fingerprint density at radius 1 is 1.42 bits per heavy atom. The predicted molar refractivity (Wildman–Crippen MR) is 88.6 cm³/mol. The molecular weight excluding hydrogens is 332 g/mol. The fourth-order valence-corrected chi connectivity index (χ4v) is 3.45. The third kappa shape index (κ3) is 3.22. The Bertz CT molecular complexity index is 875. The molecule has 1 atom stereocenters. The summed E-state index contributed by atoms with van der Waals surface area (Å²) in [6.45, 7) is 3.63. The number of hydrogen-bond donors (Lipinski definition) is 2. The van der Waals surface area contributed by atoms with Gasteiger partial charge in [0.15, 0.2) is 9.84 Å². The molecule has 2 amide bonds. The van der Waals surface area contributed by atoms with Gasteiger partial charge in [-0.2, -0.15) is 0 Å². The number of carbonyl (C=O) groups is 1. The lowest BCUT2D eigenvalue weighted by Gasteiger charge is -2.26. The number of nitrogens with one attached hydrogen (secondary N) is 2. The van der Waals surface area contributed by atoms with Crippen molar-refractivity contribution < 1.29 is 17.9 Å². The monoisotopic (exact) mass is 352 g/mol. The van der Waals surface area contributed by atoms with Gasteiger partial charge in [0.05, 0.1) is 28.6 Å². The van der Waals surface area contributed by atoms with Gasteiger partial charge in [0.1, 0.15) is 12.4 Å². The van der Waals surface area contributed by atoms with Crippen LogP contribution in [0.4, 0.5) is 4.79 Å². The number of fused-ring (bicyclic) bond motifs is 3. The third-order valence-corrected chi connectivity index (χ3v) is 5.01. The molecule has 1 aromatic carbocycles. The number of benzene rings is 1. The molecule has 0 bridgehead atoms. The Morgan fingerprint density at radius 2 is 2.21 bits per heavy atom. The average Bonchev–Trinajstić information content (AvgIpc) is 2.90. The molecule has 24 heavy (non-hydrogen) atoms. The minimum Gasteiger partial charge on any atom is -0.371 e. The zero-order valence-corrected chi connectivity index (χ0v) is 14.4. The van der Waals surface area contributed by atoms with E-state index in [1.807, 2.05) is 11.5 Å². The van der Waals surface area contributed by atoms with Crippen molar-refractivity contribution in [3.05, 3.63) is 24.0 Å². The third-order valence-electron chi connectivity index (χ3n) is 3.90. The van der Waals surface area contributed by atoms with Gasteiger partial charge in [-0.1, -0.05) is 0 Å². The molecule has 0 fully saturated rings. The molecule has 0 spiro atoms. The highest BCUT2D eigenvalue weighted by molar-refractivity contribution is 7.90. The highest BCUT2D eigenvalue weighted by Gasteiger charge is 2.25. The van der Waals surface area contributed by atoms with Crippen molar-refractivity contribution >= 4 is 26.9 Å². The summed E-state index contributed by atoms with van der Waals surface area (Å²) < 4.78 is 31.0. The number of sulfone groups is 1. The Balaban J connectivity index is 1.93. The number of rotatable bonds is 4. The summed E-state index contributed by atoms with van der Waals surface area (Å²) in [5.74, 6) is 0.726. The topological polar surface area (TPSA) is 102 Å². The van der Waals surface area contributed by atoms with E-state index < -0.39 is 9.84 Å². The Labute approximate surface area is 140 Å². The number of imidazole rings is 1. The van der Waals surface area contributed by atoms with Gasteiger partial charge in [-0.15, -0.1) is 0 Å². The first-order chi connectivity index (χ1) is 11.4. The van der Waals surface area contributed by atoms with Crippen molar-refractivity contribution in [3.8, 4) is 0 Å². The summed E-state index contributed by atoms with van der Waals surface area (Å²) in [6, 6.07) is 4.59. The van der Waals surface area contributed by atoms with Gasteiger partial charge in [0.2, 0.25) is 0 Å². The number of nitrogens with zero attached hydrogens (tertiary/aromatic N) is 2. The molecule has 130 valence electrons. The van der Waals surface area contributed by atoms with Crippen molar-refractivity contribution in [1.29, 1.82) is 0 Å². The maximum absolute atomic E-state index is 11.7. The minimum atomic E-state index is -3.28. The van der Waals surface area contributed by atoms with Gasteiger partial charge in [-0.05, 0) is 25.1 Å². The fraction of sp³-hybridized carbons (Fsp3) is 0.467. The van der Waals surface area contributed by atoms with Crippen molar-refractivity contribution in [2.75, 3.05) is 26.0 Å². The number of hydrogen-bond acceptors (Lipinski definition) is 5. The highest BCUT2D eigenvalue weighted by Crippen LogP contribution is 2.27. The van der Waals surface area contributed by atoms with Crippen LogP contribution in [0.15, 0.2) is 23.1 Å². The molecule has 1 aromatic heterocycles. The lowest BCUT2D eigenvalue weighted by atomic mass is 10.2. The van der Waals surface area contributed by atoms with Gasteiger partial charge in [-0.3, -0.25) is 0 Å². The van der Waals surface area contributed by atoms with E-state index in [0.717, 1.165) is 11.3 Å². The van der Waals surface area contributed by atoms with Crippen LogP contribution in [0, 0.1) is 0 Å². The molecule has 0 aliphatic carbocycles. The van der Waals surface area contributed by atoms with Crippen LogP contribution in [-0.2, 0) is 21.2 Å². The second-order valence-electron chi connectivity index (χ2n) is 5.73. The maximum Gasteiger partial charge on any atom is 0.314 e. The van der Waals surface area contributed by atoms with Crippen LogP contribution in [0.2, 0.25) is 0 Å². The van der Waals surface area contributed by atoms with Gasteiger partial charge in [0.25, 0.3) is 0 Å². The molecule has 2 aromatic rings. The smallest absolute Gasteiger partial charge is 0.314 e. The molecule has 3 rings (SSSR count). The van der Waals surface area contributed by atoms with Crippen molar-refractivity contribution in [3.63, 3.8) is 0 Å². The summed E-state index contributed by atoms with van der Waals surface area (Å²) in [5.41, 5.74) is 1.45. The SMILES string of the molecule is CCNC(=O)NCC1COCc2nc3cc(S(C)(=O)=O)ccc3n21. The van der Waals surface area contributed by atoms with Crippen LogP contribution in [0.5, 0.6) is 0 Å². The number of carbonyl (C=O) groups excluding carboxylic acids is 1. The van der Waals surface area contributed by atoms with Crippen LogP contribution < -0.4 is 10.6 Å². The largest absolute Gasteiger partial charge is 0.371 e. The van der Waals surface area contributed by atoms with E-state index in [2.05, 4.69) is 15.6 Å². The summed E-state index contributed by atoms with van der Waals surface area (Å²) in [4.78, 5) is 16.3. The van der Waals surface area contributed by atoms with E-state index in [0.29, 0.717) is 31.8 Å². The van der Waals surface area contributed by atoms with Crippen LogP contribution >= 0.6 is 0 Å². The predicted octanol–water partition coefficient (Wildman–Crippen LogP) is 0.830. The first-order valence-corrected chi connectivity index (χ1v) is 9.59. The molecule has 0 saturated heterocycles. The number of amides is 2. The van der Waals surface area contributed by atoms with E-state index in [4.69, 9.17) is 4.74 Å². The van der Waals surface area contributed by atoms with Crippen LogP contribution in [-0.4, -0.2) is 50.0 Å². The minimum absolute atomic E-state index is 0.0922. The van der Waals surface area contributed by atoms with Gasteiger partial charge >= 0.3 is 6.03 Å². The van der Waals surface area contributed by atoms with E-state index in [-0.39, 0.29) is 17.0 Å². The number of aromatic nitrogens is 2. The summed E-state index contributed by atoms with van der Waals surface area (Å²) in [7, 11) is -3.28. The molecule has 0 radical (unpaired) electrons. The zero-order valence-electron chi connectivity index (χ0n) is 13.6. The molecule has 2 heterocycles. The average molecular weight is 352 g/mol. The fourth-order valence-electron chi connectivity index (χ4n) is 2.81. The molecule has 0 saturated carbocycles. The summed E-state index contributed by atoms with van der Waals surface area (Å²) in [5, 5.41) is 5.49. The van der Waals surface area contributed by atoms with E-state index in [9.17, 15) is 13.2 Å². The highest BCUT2D eigenvalue weighted by atomic mass is 32.2. The van der Waals surface area contributed by atoms with Crippen LogP contribution in [0.3, 0.4) is 0 Å². The van der Waals surface area contributed by atoms with Crippen molar-refractivity contribution in [2.24, 2.45) is 0 Å². The lowest BCUT2D eigenvalue weighted by molar-refractivity contribution is 0.0572. The second-order valence-corrected chi connectivity index (χ2v) is 7.75. The molecule has 1 aliphatic rings. The van der Waals surface area contributed by atoms with Crippen LogP contribution in [0.25, 0.3) is 11.0 Å². The Hall–Kier alpha value is -2.13. The molecule has 9 heteroatoms. The molecule has 1 aliphatic heterocycles.